The summed E-state index contributed by atoms with van der Waals surface area (Å²) in [4.78, 5) is 19.8. The molecule has 4 aromatic carbocycles. The summed E-state index contributed by atoms with van der Waals surface area (Å²) in [6.07, 6.45) is 7.80. The number of benzene rings is 4. The minimum atomic E-state index is -0.337. The number of ketones is 1. The molecule has 2 heterocycles. The fourth-order valence-electron chi connectivity index (χ4n) is 7.07. The minimum Gasteiger partial charge on any atom is -0.512 e. The summed E-state index contributed by atoms with van der Waals surface area (Å²) in [7, 11) is 0. The third-order valence-electron chi connectivity index (χ3n) is 11.3. The van der Waals surface area contributed by atoms with Crippen LogP contribution in [-0.4, -0.2) is 15.9 Å². The molecule has 0 bridgehead atoms. The van der Waals surface area contributed by atoms with Crippen molar-refractivity contribution in [3.63, 3.8) is 0 Å². The normalized spacial score (nSPS) is 13.2. The van der Waals surface area contributed by atoms with Gasteiger partial charge < -0.3 is 5.11 Å². The molecule has 0 amide bonds. The topological polar surface area (TPSA) is 50.2 Å². The number of carbonyl (C=O) groups excluding carboxylic acids is 1. The van der Waals surface area contributed by atoms with E-state index in [4.69, 9.17) is 4.98 Å². The third kappa shape index (κ3) is 8.02. The van der Waals surface area contributed by atoms with Crippen LogP contribution in [0.2, 0.25) is 0 Å². The molecule has 6 rings (SSSR count). The van der Waals surface area contributed by atoms with Gasteiger partial charge in [0.1, 0.15) is 5.76 Å². The van der Waals surface area contributed by atoms with E-state index in [1.54, 1.807) is 0 Å². The summed E-state index contributed by atoms with van der Waals surface area (Å²) in [6.45, 7) is 23.6. The first-order chi connectivity index (χ1) is 23.6. The molecule has 0 spiro atoms. The van der Waals surface area contributed by atoms with Crippen molar-refractivity contribution in [3.8, 4) is 11.3 Å². The zero-order valence-corrected chi connectivity index (χ0v) is 35.7. The molecule has 0 unspecified atom stereocenters. The van der Waals surface area contributed by atoms with Gasteiger partial charge in [-0.25, -0.2) is 0 Å². The van der Waals surface area contributed by atoms with Crippen LogP contribution in [0.4, 0.5) is 0 Å². The molecule has 0 saturated heterocycles. The monoisotopic (exact) mass is 879 g/mol. The number of aliphatic hydroxyl groups excluding tert-OH is 1. The van der Waals surface area contributed by atoms with Gasteiger partial charge in [0.15, 0.2) is 5.78 Å². The van der Waals surface area contributed by atoms with Crippen LogP contribution >= 0.6 is 11.8 Å². The summed E-state index contributed by atoms with van der Waals surface area (Å²) >= 11 is 1.92. The second-order valence-corrected chi connectivity index (χ2v) is 17.2. The maximum atomic E-state index is 12.2. The van der Waals surface area contributed by atoms with Gasteiger partial charge in [-0.3, -0.25) is 9.78 Å². The largest absolute Gasteiger partial charge is 0.512 e. The molecule has 5 heteroatoms. The number of aromatic nitrogens is 1. The van der Waals surface area contributed by atoms with Crippen molar-refractivity contribution in [2.75, 3.05) is 0 Å². The molecule has 0 atom stereocenters. The van der Waals surface area contributed by atoms with Crippen molar-refractivity contribution in [2.24, 2.45) is 16.2 Å². The number of nitrogens with zero attached hydrogens (tertiary/aromatic N) is 1. The zero-order valence-electron chi connectivity index (χ0n) is 32.5. The summed E-state index contributed by atoms with van der Waals surface area (Å²) in [5.74, 6) is 0.706. The smallest absolute Gasteiger partial charge is 0.164 e. The van der Waals surface area contributed by atoms with Gasteiger partial charge in [-0.05, 0) is 87.6 Å². The first-order valence-electron chi connectivity index (χ1n) is 18.6. The van der Waals surface area contributed by atoms with Crippen molar-refractivity contribution in [2.45, 2.75) is 124 Å². The molecule has 5 aromatic rings. The van der Waals surface area contributed by atoms with Crippen LogP contribution in [0, 0.1) is 22.3 Å². The molecule has 51 heavy (non-hydrogen) atoms. The van der Waals surface area contributed by atoms with Crippen molar-refractivity contribution in [1.82, 2.24) is 4.98 Å². The Labute approximate surface area is 324 Å². The number of pyridine rings is 1. The van der Waals surface area contributed by atoms with Gasteiger partial charge in [0, 0.05) is 53.8 Å². The minimum absolute atomic E-state index is 0. The Hall–Kier alpha value is -2.98. The van der Waals surface area contributed by atoms with Gasteiger partial charge in [-0.2, -0.15) is 0 Å². The van der Waals surface area contributed by atoms with E-state index in [1.165, 1.54) is 59.3 Å². The van der Waals surface area contributed by atoms with Crippen molar-refractivity contribution < 1.29 is 30.0 Å². The third-order valence-corrected chi connectivity index (χ3v) is 12.4. The van der Waals surface area contributed by atoms with Crippen molar-refractivity contribution in [1.29, 1.82) is 0 Å². The SMILES string of the molecule is CC(C)c1c2c([c-]c3ccccc13)-c1nccc3c1c(cc1c(CC(C)(C)C)cccc13)S2.CCC(C)(CC)C(=O)/C=C(\O)C(C)(CC)CC.[Ir]. The number of carbonyl (C=O) groups is 1. The van der Waals surface area contributed by atoms with Gasteiger partial charge in [-0.15, -0.1) is 29.3 Å². The van der Waals surface area contributed by atoms with E-state index in [0.29, 0.717) is 5.92 Å². The van der Waals surface area contributed by atoms with Gasteiger partial charge in [0.2, 0.25) is 0 Å². The summed E-state index contributed by atoms with van der Waals surface area (Å²) in [6, 6.07) is 23.8. The maximum absolute atomic E-state index is 12.2. The van der Waals surface area contributed by atoms with E-state index < -0.39 is 0 Å². The molecule has 3 nitrogen and oxygen atoms in total. The van der Waals surface area contributed by atoms with Crippen LogP contribution in [0.25, 0.3) is 43.6 Å². The molecular formula is C46H56IrNO2S-. The van der Waals surface area contributed by atoms with Crippen LogP contribution in [-0.2, 0) is 31.3 Å². The van der Waals surface area contributed by atoms with Gasteiger partial charge in [0.05, 0.1) is 0 Å². The molecule has 1 radical (unpaired) electrons. The Bertz CT molecular complexity index is 2080. The number of rotatable bonds is 9. The van der Waals surface area contributed by atoms with Crippen molar-refractivity contribution >= 4 is 49.9 Å². The molecule has 1 aromatic heterocycles. The van der Waals surface area contributed by atoms with E-state index in [1.807, 2.05) is 59.5 Å². The summed E-state index contributed by atoms with van der Waals surface area (Å²) < 4.78 is 0. The fourth-order valence-corrected chi connectivity index (χ4v) is 8.48. The van der Waals surface area contributed by atoms with Gasteiger partial charge in [0.25, 0.3) is 0 Å². The molecule has 0 fully saturated rings. The first kappa shape index (κ1) is 40.8. The Kier molecular flexibility index (Phi) is 12.8. The predicted octanol–water partition coefficient (Wildman–Crippen LogP) is 13.8. The van der Waals surface area contributed by atoms with Crippen molar-refractivity contribution in [3.05, 3.63) is 89.8 Å². The number of hydrogen-bond acceptors (Lipinski definition) is 4. The van der Waals surface area contributed by atoms with E-state index >= 15 is 0 Å². The fraction of sp³-hybridized carbons (Fsp3) is 0.435. The summed E-state index contributed by atoms with van der Waals surface area (Å²) in [5, 5.41) is 17.9. The standard InChI is InChI=1S/C31H28NS.C15H28O2.Ir/c1-18(2)27-21-11-7-6-9-19(21)15-25-29-28-23(13-14-32-29)22-12-8-10-20(17-31(3,4)5)24(22)16-26(28)33-30(25)27;1-7-14(5,8-2)12(16)11-13(17)15(6,9-3)10-4;/h6-14,16,18H,17H2,1-5H3;11,16H,7-10H2,1-6H3;/q-1;;/b;12-11-;. The van der Waals surface area contributed by atoms with Gasteiger partial charge >= 0.3 is 0 Å². The number of hydrogen-bond donors (Lipinski definition) is 1. The zero-order chi connectivity index (χ0) is 36.6. The Morgan fingerprint density at radius 1 is 0.843 bits per heavy atom. The molecule has 0 aliphatic carbocycles. The van der Waals surface area contributed by atoms with Crippen LogP contribution < -0.4 is 0 Å². The summed E-state index contributed by atoms with van der Waals surface area (Å²) in [5.41, 5.74) is 4.71. The average Bonchev–Trinajstić information content (AvgIpc) is 3.09. The Morgan fingerprint density at radius 3 is 2.08 bits per heavy atom. The Balaban J connectivity index is 0.000000279. The number of allylic oxidation sites excluding steroid dienone is 2. The molecule has 0 saturated carbocycles. The number of aliphatic hydroxyl groups is 1. The van der Waals surface area contributed by atoms with Crippen LogP contribution in [0.1, 0.15) is 119 Å². The molecule has 1 aliphatic rings. The second kappa shape index (κ2) is 15.9. The molecular weight excluding hydrogens is 823 g/mol. The quantitative estimate of drug-likeness (QED) is 0.0680. The Morgan fingerprint density at radius 2 is 1.47 bits per heavy atom. The van der Waals surface area contributed by atoms with E-state index in [0.717, 1.165) is 43.4 Å². The van der Waals surface area contributed by atoms with E-state index in [2.05, 4.69) is 95.3 Å². The average molecular weight is 879 g/mol. The van der Waals surface area contributed by atoms with Crippen LogP contribution in [0.15, 0.2) is 82.4 Å². The van der Waals surface area contributed by atoms with Crippen LogP contribution in [0.5, 0.6) is 0 Å². The number of fused-ring (bicyclic) bond motifs is 5. The predicted molar refractivity (Wildman–Crippen MR) is 215 cm³/mol. The van der Waals surface area contributed by atoms with Crippen LogP contribution in [0.3, 0.4) is 0 Å². The van der Waals surface area contributed by atoms with Gasteiger partial charge in [-0.1, -0.05) is 129 Å². The van der Waals surface area contributed by atoms with E-state index in [9.17, 15) is 9.90 Å². The molecule has 1 aliphatic heterocycles. The molecule has 273 valence electrons. The van der Waals surface area contributed by atoms with E-state index in [-0.39, 0.29) is 47.9 Å². The second-order valence-electron chi connectivity index (χ2n) is 16.2. The molecule has 1 N–H and O–H groups in total. The first-order valence-corrected chi connectivity index (χ1v) is 19.4. The maximum Gasteiger partial charge on any atom is 0.164 e.